The van der Waals surface area contributed by atoms with Crippen molar-refractivity contribution in [2.75, 3.05) is 27.4 Å². The van der Waals surface area contributed by atoms with Crippen LogP contribution in [0.15, 0.2) is 0 Å². The Morgan fingerprint density at radius 1 is 1.33 bits per heavy atom. The summed E-state index contributed by atoms with van der Waals surface area (Å²) in [5.74, 6) is -2.05. The number of likely N-dealkylation sites (tertiary alicyclic amines) is 1. The lowest BCUT2D eigenvalue weighted by atomic mass is 9.93. The van der Waals surface area contributed by atoms with E-state index in [9.17, 15) is 19.5 Å². The standard InChI is InChI=1S/C13H21N3O5/c1-15-7-14-8-5-9(13(20)21-2)16(6-10(8)15)11(17)3-4-12(18)19/h8-10,14H,3-7H2,1-2H3,(H,18,19)/t8?,9-,10?/m0/s1. The van der Waals surface area contributed by atoms with Gasteiger partial charge in [0.1, 0.15) is 18.8 Å². The molecule has 8 heteroatoms. The zero-order valence-corrected chi connectivity index (χ0v) is 12.3. The highest BCUT2D eigenvalue weighted by atomic mass is 16.5. The number of carboxylic acid groups (broad SMARTS) is 1. The number of piperidine rings is 1. The maximum Gasteiger partial charge on any atom is 0.328 e. The van der Waals surface area contributed by atoms with Gasteiger partial charge in [-0.3, -0.25) is 4.79 Å². The molecule has 2 fully saturated rings. The van der Waals surface area contributed by atoms with Crippen molar-refractivity contribution in [1.29, 1.82) is 0 Å². The number of hydrogen-bond acceptors (Lipinski definition) is 6. The minimum Gasteiger partial charge on any atom is -0.550 e. The van der Waals surface area contributed by atoms with Gasteiger partial charge < -0.3 is 24.9 Å². The molecule has 0 aromatic carbocycles. The van der Waals surface area contributed by atoms with E-state index in [1.807, 2.05) is 7.05 Å². The Balaban J connectivity index is 2.11. The highest BCUT2D eigenvalue weighted by molar-refractivity contribution is 5.86. The minimum absolute atomic E-state index is 0.152. The number of nitrogens with two attached hydrogens (primary N) is 1. The number of fused-ring (bicyclic) bond motifs is 1. The summed E-state index contributed by atoms with van der Waals surface area (Å²) in [7, 11) is 3.27. The zero-order valence-electron chi connectivity index (χ0n) is 12.3. The van der Waals surface area contributed by atoms with Crippen LogP contribution in [0.3, 0.4) is 0 Å². The molecule has 0 aromatic heterocycles. The van der Waals surface area contributed by atoms with Crippen molar-refractivity contribution in [2.45, 2.75) is 37.4 Å². The van der Waals surface area contributed by atoms with Crippen LogP contribution in [-0.2, 0) is 19.1 Å². The molecule has 0 aromatic rings. The average molecular weight is 299 g/mol. The number of esters is 1. The maximum atomic E-state index is 12.2. The third-order valence-electron chi connectivity index (χ3n) is 4.35. The number of likely N-dealkylation sites (N-methyl/N-ethyl adjacent to an activating group) is 1. The smallest absolute Gasteiger partial charge is 0.328 e. The van der Waals surface area contributed by atoms with Gasteiger partial charge in [-0.2, -0.15) is 0 Å². The van der Waals surface area contributed by atoms with Gasteiger partial charge in [0.15, 0.2) is 0 Å². The van der Waals surface area contributed by atoms with Crippen molar-refractivity contribution < 1.29 is 29.5 Å². The lowest BCUT2D eigenvalue weighted by Gasteiger charge is -2.39. The Kier molecular flexibility index (Phi) is 4.79. The van der Waals surface area contributed by atoms with Crippen molar-refractivity contribution in [3.8, 4) is 0 Å². The van der Waals surface area contributed by atoms with E-state index in [0.717, 1.165) is 6.67 Å². The van der Waals surface area contributed by atoms with Crippen LogP contribution < -0.4 is 10.4 Å². The third-order valence-corrected chi connectivity index (χ3v) is 4.35. The number of quaternary nitrogens is 1. The second-order valence-electron chi connectivity index (χ2n) is 5.60. The maximum absolute atomic E-state index is 12.2. The van der Waals surface area contributed by atoms with E-state index in [2.05, 4.69) is 10.2 Å². The predicted molar refractivity (Wildman–Crippen MR) is 68.5 cm³/mol. The Morgan fingerprint density at radius 3 is 2.67 bits per heavy atom. The van der Waals surface area contributed by atoms with Gasteiger partial charge in [-0.1, -0.05) is 0 Å². The molecule has 2 aliphatic heterocycles. The fraction of sp³-hybridized carbons (Fsp3) is 0.769. The normalized spacial score (nSPS) is 29.0. The summed E-state index contributed by atoms with van der Waals surface area (Å²) in [5, 5.41) is 12.7. The quantitative estimate of drug-likeness (QED) is 0.540. The molecule has 118 valence electrons. The fourth-order valence-electron chi connectivity index (χ4n) is 3.15. The Labute approximate surface area is 123 Å². The molecule has 3 atom stereocenters. The average Bonchev–Trinajstić information content (AvgIpc) is 2.83. The lowest BCUT2D eigenvalue weighted by molar-refractivity contribution is -0.678. The second-order valence-corrected chi connectivity index (χ2v) is 5.60. The van der Waals surface area contributed by atoms with Crippen LogP contribution in [0.1, 0.15) is 19.3 Å². The Bertz CT molecular complexity index is 442. The van der Waals surface area contributed by atoms with E-state index in [1.54, 1.807) is 0 Å². The summed E-state index contributed by atoms with van der Waals surface area (Å²) < 4.78 is 4.78. The van der Waals surface area contributed by atoms with Crippen LogP contribution in [0.2, 0.25) is 0 Å². The van der Waals surface area contributed by atoms with Gasteiger partial charge in [0.2, 0.25) is 5.91 Å². The van der Waals surface area contributed by atoms with E-state index in [-0.39, 0.29) is 30.8 Å². The number of carboxylic acids is 1. The van der Waals surface area contributed by atoms with Gasteiger partial charge in [0.05, 0.1) is 13.2 Å². The number of aliphatic carboxylic acids is 1. The number of hydrogen-bond donors (Lipinski definition) is 1. The molecular formula is C13H21N3O5. The molecule has 0 radical (unpaired) electrons. The number of rotatable bonds is 4. The van der Waals surface area contributed by atoms with Crippen LogP contribution in [0.25, 0.3) is 0 Å². The second kappa shape index (κ2) is 6.40. The SMILES string of the molecule is COC(=O)[C@@H]1CC2[NH2+]CN(C)C2CN1C(=O)CCC(=O)[O-]. The first-order valence-electron chi connectivity index (χ1n) is 7.04. The van der Waals surface area contributed by atoms with E-state index in [1.165, 1.54) is 12.0 Å². The molecule has 2 heterocycles. The monoisotopic (exact) mass is 299 g/mol. The van der Waals surface area contributed by atoms with Gasteiger partial charge in [-0.05, 0) is 13.5 Å². The van der Waals surface area contributed by atoms with Gasteiger partial charge in [0, 0.05) is 25.4 Å². The lowest BCUT2D eigenvalue weighted by Crippen LogP contribution is -2.89. The highest BCUT2D eigenvalue weighted by Crippen LogP contribution is 2.23. The topological polar surface area (TPSA) is 107 Å². The molecule has 2 aliphatic rings. The molecule has 2 N–H and O–H groups in total. The van der Waals surface area contributed by atoms with Gasteiger partial charge in [0.25, 0.3) is 0 Å². The van der Waals surface area contributed by atoms with E-state index >= 15 is 0 Å². The molecule has 21 heavy (non-hydrogen) atoms. The summed E-state index contributed by atoms with van der Waals surface area (Å²) in [5.41, 5.74) is 0. The summed E-state index contributed by atoms with van der Waals surface area (Å²) >= 11 is 0. The third kappa shape index (κ3) is 3.33. The number of amides is 1. The predicted octanol–water partition coefficient (Wildman–Crippen LogP) is -3.51. The number of ether oxygens (including phenoxy) is 1. The molecule has 8 nitrogen and oxygen atoms in total. The molecule has 2 saturated heterocycles. The number of nitrogens with zero attached hydrogens (tertiary/aromatic N) is 2. The number of carbonyl (C=O) groups is 3. The van der Waals surface area contributed by atoms with Crippen molar-refractivity contribution in [1.82, 2.24) is 9.80 Å². The molecule has 2 unspecified atom stereocenters. The summed E-state index contributed by atoms with van der Waals surface area (Å²) in [6, 6.07) is -0.199. The van der Waals surface area contributed by atoms with E-state index < -0.39 is 18.0 Å². The highest BCUT2D eigenvalue weighted by Gasteiger charge is 2.47. The molecule has 1 amide bonds. The molecule has 2 rings (SSSR count). The molecule has 0 saturated carbocycles. The largest absolute Gasteiger partial charge is 0.550 e. The summed E-state index contributed by atoms with van der Waals surface area (Å²) in [6.45, 7) is 1.24. The van der Waals surface area contributed by atoms with Crippen molar-refractivity contribution in [3.05, 3.63) is 0 Å². The van der Waals surface area contributed by atoms with Gasteiger partial charge in [-0.25, -0.2) is 9.69 Å². The number of methoxy groups -OCH3 is 1. The summed E-state index contributed by atoms with van der Waals surface area (Å²) in [6.07, 6.45) is 0.0403. The zero-order chi connectivity index (χ0) is 15.6. The van der Waals surface area contributed by atoms with E-state index in [0.29, 0.717) is 13.0 Å². The van der Waals surface area contributed by atoms with Crippen molar-refractivity contribution in [3.63, 3.8) is 0 Å². The fourth-order valence-corrected chi connectivity index (χ4v) is 3.15. The molecule has 0 spiro atoms. The molecular weight excluding hydrogens is 278 g/mol. The van der Waals surface area contributed by atoms with Crippen molar-refractivity contribution in [2.24, 2.45) is 0 Å². The number of carbonyl (C=O) groups excluding carboxylic acids is 3. The first kappa shape index (κ1) is 15.7. The summed E-state index contributed by atoms with van der Waals surface area (Å²) in [4.78, 5) is 38.3. The van der Waals surface area contributed by atoms with Crippen molar-refractivity contribution >= 4 is 17.8 Å². The van der Waals surface area contributed by atoms with Crippen LogP contribution in [-0.4, -0.2) is 73.1 Å². The first-order valence-corrected chi connectivity index (χ1v) is 7.04. The molecule has 0 aliphatic carbocycles. The van der Waals surface area contributed by atoms with E-state index in [4.69, 9.17) is 4.74 Å². The molecule has 0 bridgehead atoms. The van der Waals surface area contributed by atoms with Crippen LogP contribution in [0.5, 0.6) is 0 Å². The van der Waals surface area contributed by atoms with Crippen LogP contribution in [0.4, 0.5) is 0 Å². The van der Waals surface area contributed by atoms with Crippen LogP contribution >= 0.6 is 0 Å². The van der Waals surface area contributed by atoms with Gasteiger partial charge >= 0.3 is 5.97 Å². The van der Waals surface area contributed by atoms with Crippen LogP contribution in [0, 0.1) is 0 Å². The Hall–Kier alpha value is -1.67. The Morgan fingerprint density at radius 2 is 2.05 bits per heavy atom. The minimum atomic E-state index is -1.26. The van der Waals surface area contributed by atoms with Gasteiger partial charge in [-0.15, -0.1) is 0 Å². The first-order chi connectivity index (χ1) is 9.93.